The van der Waals surface area contributed by atoms with E-state index in [-0.39, 0.29) is 0 Å². The van der Waals surface area contributed by atoms with E-state index >= 15 is 0 Å². The molecule has 0 spiro atoms. The van der Waals surface area contributed by atoms with Crippen molar-refractivity contribution in [2.24, 2.45) is 5.92 Å². The van der Waals surface area contributed by atoms with Crippen molar-refractivity contribution in [1.82, 2.24) is 10.6 Å². The largest absolute Gasteiger partial charge is 0.496 e. The molecule has 1 saturated heterocycles. The maximum absolute atomic E-state index is 5.66. The van der Waals surface area contributed by atoms with Crippen LogP contribution in [0.25, 0.3) is 0 Å². The van der Waals surface area contributed by atoms with Crippen LogP contribution in [0.3, 0.4) is 0 Å². The molecular formula is C25H34N2O. The van der Waals surface area contributed by atoms with Gasteiger partial charge in [-0.2, -0.15) is 0 Å². The number of aryl methyl sites for hydroxylation is 1. The van der Waals surface area contributed by atoms with Crippen LogP contribution >= 0.6 is 0 Å². The topological polar surface area (TPSA) is 33.3 Å². The molecular weight excluding hydrogens is 344 g/mol. The second-order valence-electron chi connectivity index (χ2n) is 8.41. The van der Waals surface area contributed by atoms with Gasteiger partial charge < -0.3 is 15.4 Å². The van der Waals surface area contributed by atoms with Crippen LogP contribution in [0.4, 0.5) is 0 Å². The molecule has 4 rings (SSSR count). The van der Waals surface area contributed by atoms with E-state index in [9.17, 15) is 0 Å². The van der Waals surface area contributed by atoms with Gasteiger partial charge in [-0.15, -0.1) is 0 Å². The Morgan fingerprint density at radius 2 is 1.96 bits per heavy atom. The van der Waals surface area contributed by atoms with Crippen molar-refractivity contribution in [2.45, 2.75) is 70.1 Å². The zero-order valence-electron chi connectivity index (χ0n) is 17.3. The summed E-state index contributed by atoms with van der Waals surface area (Å²) in [5.74, 6) is 1.72. The van der Waals surface area contributed by atoms with Crippen molar-refractivity contribution in [2.75, 3.05) is 7.11 Å². The first-order valence-corrected chi connectivity index (χ1v) is 11.0. The Balaban J connectivity index is 1.52. The van der Waals surface area contributed by atoms with E-state index in [1.807, 2.05) is 0 Å². The number of hydrogen-bond donors (Lipinski definition) is 2. The first-order chi connectivity index (χ1) is 13.8. The number of fused-ring (bicyclic) bond motifs is 1. The third kappa shape index (κ3) is 4.11. The summed E-state index contributed by atoms with van der Waals surface area (Å²) in [5, 5.41) is 7.86. The molecule has 1 aliphatic heterocycles. The van der Waals surface area contributed by atoms with E-state index in [2.05, 4.69) is 66.1 Å². The predicted molar refractivity (Wildman–Crippen MR) is 116 cm³/mol. The van der Waals surface area contributed by atoms with Gasteiger partial charge in [0.2, 0.25) is 0 Å². The van der Waals surface area contributed by atoms with E-state index in [0.29, 0.717) is 18.1 Å². The average molecular weight is 379 g/mol. The van der Waals surface area contributed by atoms with Gasteiger partial charge in [-0.05, 0) is 48.8 Å². The monoisotopic (exact) mass is 378 g/mol. The fourth-order valence-electron chi connectivity index (χ4n) is 5.17. The molecule has 2 fully saturated rings. The van der Waals surface area contributed by atoms with Crippen LogP contribution in [0.2, 0.25) is 0 Å². The normalized spacial score (nSPS) is 26.4. The van der Waals surface area contributed by atoms with Crippen LogP contribution < -0.4 is 15.4 Å². The van der Waals surface area contributed by atoms with Crippen molar-refractivity contribution >= 4 is 0 Å². The molecule has 1 heterocycles. The van der Waals surface area contributed by atoms with Gasteiger partial charge in [0.15, 0.2) is 0 Å². The SMILES string of the molecule is CCCCc1ccc(OC)c(CNC2C(c3ccccc3)NC3CCCC32)c1. The summed E-state index contributed by atoms with van der Waals surface area (Å²) < 4.78 is 5.66. The van der Waals surface area contributed by atoms with Crippen molar-refractivity contribution in [3.63, 3.8) is 0 Å². The second kappa shape index (κ2) is 9.11. The van der Waals surface area contributed by atoms with Crippen molar-refractivity contribution in [1.29, 1.82) is 0 Å². The lowest BCUT2D eigenvalue weighted by atomic mass is 9.91. The molecule has 0 amide bonds. The molecule has 2 aliphatic rings. The summed E-state index contributed by atoms with van der Waals surface area (Å²) in [6.45, 7) is 3.11. The van der Waals surface area contributed by atoms with Crippen LogP contribution in [0.15, 0.2) is 48.5 Å². The molecule has 3 heteroatoms. The van der Waals surface area contributed by atoms with E-state index in [4.69, 9.17) is 4.74 Å². The predicted octanol–water partition coefficient (Wildman–Crippen LogP) is 5.01. The first kappa shape index (κ1) is 19.5. The fourth-order valence-corrected chi connectivity index (χ4v) is 5.17. The van der Waals surface area contributed by atoms with Gasteiger partial charge in [0.1, 0.15) is 5.75 Å². The minimum absolute atomic E-state index is 0.394. The van der Waals surface area contributed by atoms with Crippen molar-refractivity contribution < 1.29 is 4.74 Å². The van der Waals surface area contributed by atoms with Gasteiger partial charge >= 0.3 is 0 Å². The van der Waals surface area contributed by atoms with Crippen LogP contribution in [0.5, 0.6) is 5.75 Å². The Bertz CT molecular complexity index is 760. The smallest absolute Gasteiger partial charge is 0.123 e. The summed E-state index contributed by atoms with van der Waals surface area (Å²) >= 11 is 0. The lowest BCUT2D eigenvalue weighted by molar-refractivity contribution is 0.365. The molecule has 28 heavy (non-hydrogen) atoms. The number of hydrogen-bond acceptors (Lipinski definition) is 3. The van der Waals surface area contributed by atoms with E-state index in [1.165, 1.54) is 48.8 Å². The van der Waals surface area contributed by atoms with Crippen molar-refractivity contribution in [3.05, 3.63) is 65.2 Å². The zero-order chi connectivity index (χ0) is 19.3. The summed E-state index contributed by atoms with van der Waals surface area (Å²) in [7, 11) is 1.78. The molecule has 150 valence electrons. The van der Waals surface area contributed by atoms with Gasteiger partial charge in [-0.25, -0.2) is 0 Å². The standard InChI is InChI=1S/C25H34N2O/c1-3-4-9-18-14-15-23(28-2)20(16-18)17-26-25-21-12-8-13-22(21)27-24(25)19-10-6-5-7-11-19/h5-7,10-11,14-16,21-22,24-27H,3-4,8-9,12-13,17H2,1-2H3. The Morgan fingerprint density at radius 3 is 2.75 bits per heavy atom. The molecule has 0 aromatic heterocycles. The highest BCUT2D eigenvalue weighted by atomic mass is 16.5. The maximum atomic E-state index is 5.66. The Hall–Kier alpha value is -1.84. The molecule has 4 atom stereocenters. The number of rotatable bonds is 8. The lowest BCUT2D eigenvalue weighted by Crippen LogP contribution is -2.37. The second-order valence-corrected chi connectivity index (χ2v) is 8.41. The molecule has 1 saturated carbocycles. The summed E-state index contributed by atoms with van der Waals surface area (Å²) in [5.41, 5.74) is 4.10. The quantitative estimate of drug-likeness (QED) is 0.677. The minimum atomic E-state index is 0.394. The van der Waals surface area contributed by atoms with Gasteiger partial charge in [0.25, 0.3) is 0 Å². The zero-order valence-corrected chi connectivity index (χ0v) is 17.3. The maximum Gasteiger partial charge on any atom is 0.123 e. The van der Waals surface area contributed by atoms with Crippen LogP contribution in [-0.4, -0.2) is 19.2 Å². The van der Waals surface area contributed by atoms with Crippen LogP contribution in [0.1, 0.15) is 61.8 Å². The first-order valence-electron chi connectivity index (χ1n) is 11.0. The molecule has 2 aromatic rings. The average Bonchev–Trinajstić information content (AvgIpc) is 3.33. The molecule has 0 radical (unpaired) electrons. The van der Waals surface area contributed by atoms with E-state index in [1.54, 1.807) is 7.11 Å². The van der Waals surface area contributed by atoms with Crippen LogP contribution in [-0.2, 0) is 13.0 Å². The summed E-state index contributed by atoms with van der Waals surface area (Å²) in [6.07, 6.45) is 7.60. The summed E-state index contributed by atoms with van der Waals surface area (Å²) in [6, 6.07) is 19.2. The number of ether oxygens (including phenoxy) is 1. The number of unbranched alkanes of at least 4 members (excludes halogenated alkanes) is 1. The number of nitrogens with one attached hydrogen (secondary N) is 2. The van der Waals surface area contributed by atoms with Crippen molar-refractivity contribution in [3.8, 4) is 5.75 Å². The highest BCUT2D eigenvalue weighted by molar-refractivity contribution is 5.37. The number of benzene rings is 2. The third-order valence-corrected chi connectivity index (χ3v) is 6.63. The van der Waals surface area contributed by atoms with Gasteiger partial charge in [-0.3, -0.25) is 0 Å². The van der Waals surface area contributed by atoms with Crippen LogP contribution in [0, 0.1) is 5.92 Å². The molecule has 4 unspecified atom stereocenters. The Morgan fingerprint density at radius 1 is 1.11 bits per heavy atom. The molecule has 1 aliphatic carbocycles. The minimum Gasteiger partial charge on any atom is -0.496 e. The molecule has 0 bridgehead atoms. The highest BCUT2D eigenvalue weighted by Crippen LogP contribution is 2.41. The highest BCUT2D eigenvalue weighted by Gasteiger charge is 2.45. The molecule has 3 nitrogen and oxygen atoms in total. The molecule has 2 aromatic carbocycles. The van der Waals surface area contributed by atoms with E-state index < -0.39 is 0 Å². The number of methoxy groups -OCH3 is 1. The third-order valence-electron chi connectivity index (χ3n) is 6.63. The van der Waals surface area contributed by atoms with Gasteiger partial charge in [-0.1, -0.05) is 62.2 Å². The Kier molecular flexibility index (Phi) is 6.33. The van der Waals surface area contributed by atoms with Gasteiger partial charge in [0.05, 0.1) is 7.11 Å². The fraction of sp³-hybridized carbons (Fsp3) is 0.520. The van der Waals surface area contributed by atoms with Gasteiger partial charge in [0, 0.05) is 30.2 Å². The summed E-state index contributed by atoms with van der Waals surface area (Å²) in [4.78, 5) is 0. The Labute approximate surface area is 169 Å². The molecule has 2 N–H and O–H groups in total. The lowest BCUT2D eigenvalue weighted by Gasteiger charge is -2.26. The van der Waals surface area contributed by atoms with E-state index in [0.717, 1.165) is 24.6 Å².